The van der Waals surface area contributed by atoms with Gasteiger partial charge in [0.1, 0.15) is 5.39 Å². The van der Waals surface area contributed by atoms with Gasteiger partial charge in [-0.2, -0.15) is 10.1 Å². The summed E-state index contributed by atoms with van der Waals surface area (Å²) >= 11 is 0. The number of nitrogens with zero attached hydrogens (tertiary/aromatic N) is 5. The molecule has 1 fully saturated rings. The normalized spacial score (nSPS) is 14.6. The van der Waals surface area contributed by atoms with E-state index in [1.165, 1.54) is 11.3 Å². The summed E-state index contributed by atoms with van der Waals surface area (Å²) in [6.07, 6.45) is 2.54. The molecule has 2 N–H and O–H groups in total. The molecule has 0 saturated carbocycles. The van der Waals surface area contributed by atoms with Crippen LogP contribution in [-0.2, 0) is 0 Å². The summed E-state index contributed by atoms with van der Waals surface area (Å²) in [6, 6.07) is 18.4. The van der Waals surface area contributed by atoms with E-state index in [4.69, 9.17) is 0 Å². The molecule has 3 heterocycles. The third kappa shape index (κ3) is 4.75. The van der Waals surface area contributed by atoms with Crippen molar-refractivity contribution in [1.29, 1.82) is 0 Å². The molecule has 0 spiro atoms. The number of hydrogen-bond acceptors (Lipinski definition) is 6. The SMILES string of the molecule is Cc1cccc(N2CCN(CCCNc3nc4c(cnn4-c4ccccc4)c(=O)[nH]3)CC2)c1. The van der Waals surface area contributed by atoms with Gasteiger partial charge in [0.25, 0.3) is 5.56 Å². The standard InChI is InChI=1S/C25H29N7O/c1-19-7-5-10-21(17-19)31-15-13-30(14-16-31)12-6-11-26-25-28-23-22(24(33)29-25)18-27-32(23)20-8-3-2-4-9-20/h2-5,7-10,17-18H,6,11-16H2,1H3,(H2,26,28,29,33). The van der Waals surface area contributed by atoms with E-state index in [0.717, 1.165) is 51.4 Å². The third-order valence-corrected chi connectivity index (χ3v) is 6.12. The summed E-state index contributed by atoms with van der Waals surface area (Å²) in [4.78, 5) is 24.9. The predicted molar refractivity (Wildman–Crippen MR) is 132 cm³/mol. The maximum atomic E-state index is 12.5. The van der Waals surface area contributed by atoms with E-state index in [1.54, 1.807) is 10.9 Å². The smallest absolute Gasteiger partial charge is 0.263 e. The van der Waals surface area contributed by atoms with Gasteiger partial charge in [0.15, 0.2) is 5.65 Å². The monoisotopic (exact) mass is 443 g/mol. The number of hydrogen-bond donors (Lipinski definition) is 2. The van der Waals surface area contributed by atoms with E-state index in [9.17, 15) is 4.79 Å². The number of H-pyrrole nitrogens is 1. The molecule has 0 atom stereocenters. The van der Waals surface area contributed by atoms with Crippen molar-refractivity contribution < 1.29 is 0 Å². The molecule has 1 saturated heterocycles. The zero-order valence-corrected chi connectivity index (χ0v) is 18.9. The Hall–Kier alpha value is -3.65. The Balaban J connectivity index is 1.15. The summed E-state index contributed by atoms with van der Waals surface area (Å²) in [5.74, 6) is 0.481. The quantitative estimate of drug-likeness (QED) is 0.427. The number of para-hydroxylation sites is 1. The molecule has 8 heteroatoms. The average Bonchev–Trinajstić information content (AvgIpc) is 3.27. The Morgan fingerprint density at radius 2 is 1.79 bits per heavy atom. The van der Waals surface area contributed by atoms with Gasteiger partial charge in [-0.25, -0.2) is 4.68 Å². The van der Waals surface area contributed by atoms with E-state index in [1.807, 2.05) is 30.3 Å². The van der Waals surface area contributed by atoms with Crippen molar-refractivity contribution in [2.24, 2.45) is 0 Å². The van der Waals surface area contributed by atoms with Gasteiger partial charge >= 0.3 is 0 Å². The van der Waals surface area contributed by atoms with Crippen molar-refractivity contribution in [3.63, 3.8) is 0 Å². The average molecular weight is 444 g/mol. The van der Waals surface area contributed by atoms with Gasteiger partial charge in [-0.3, -0.25) is 14.7 Å². The summed E-state index contributed by atoms with van der Waals surface area (Å²) < 4.78 is 1.70. The van der Waals surface area contributed by atoms with Gasteiger partial charge in [-0.05, 0) is 49.7 Å². The lowest BCUT2D eigenvalue weighted by Crippen LogP contribution is -2.46. The first-order chi connectivity index (χ1) is 16.2. The van der Waals surface area contributed by atoms with Crippen LogP contribution < -0.4 is 15.8 Å². The number of aromatic nitrogens is 4. The van der Waals surface area contributed by atoms with Crippen LogP contribution in [-0.4, -0.2) is 63.9 Å². The van der Waals surface area contributed by atoms with Crippen LogP contribution in [0, 0.1) is 6.92 Å². The van der Waals surface area contributed by atoms with E-state index in [0.29, 0.717) is 17.0 Å². The topological polar surface area (TPSA) is 82.1 Å². The van der Waals surface area contributed by atoms with Gasteiger partial charge < -0.3 is 10.2 Å². The maximum Gasteiger partial charge on any atom is 0.263 e. The van der Waals surface area contributed by atoms with Gasteiger partial charge in [-0.1, -0.05) is 30.3 Å². The van der Waals surface area contributed by atoms with Gasteiger partial charge in [0.05, 0.1) is 11.9 Å². The molecule has 4 aromatic rings. The first kappa shape index (κ1) is 21.2. The number of nitrogens with one attached hydrogen (secondary N) is 2. The molecule has 1 aliphatic rings. The first-order valence-corrected chi connectivity index (χ1v) is 11.5. The second-order valence-electron chi connectivity index (χ2n) is 8.49. The summed E-state index contributed by atoms with van der Waals surface area (Å²) in [5, 5.41) is 8.12. The van der Waals surface area contributed by atoms with Crippen LogP contribution in [0.25, 0.3) is 16.7 Å². The molecule has 8 nitrogen and oxygen atoms in total. The Kier molecular flexibility index (Phi) is 6.08. The number of benzene rings is 2. The summed E-state index contributed by atoms with van der Waals surface area (Å²) in [6.45, 7) is 8.12. The number of piperazine rings is 1. The highest BCUT2D eigenvalue weighted by Crippen LogP contribution is 2.18. The van der Waals surface area contributed by atoms with Crippen molar-refractivity contribution in [3.8, 4) is 5.69 Å². The predicted octanol–water partition coefficient (Wildman–Crippen LogP) is 3.04. The van der Waals surface area contributed by atoms with Gasteiger partial charge in [0, 0.05) is 38.4 Å². The fourth-order valence-corrected chi connectivity index (χ4v) is 4.32. The minimum Gasteiger partial charge on any atom is -0.369 e. The Bertz CT molecular complexity index is 1270. The molecule has 2 aromatic carbocycles. The number of fused-ring (bicyclic) bond motifs is 1. The van der Waals surface area contributed by atoms with Crippen LogP contribution in [0.5, 0.6) is 0 Å². The molecule has 1 aliphatic heterocycles. The fourth-order valence-electron chi connectivity index (χ4n) is 4.32. The molecule has 2 aromatic heterocycles. The maximum absolute atomic E-state index is 12.5. The van der Waals surface area contributed by atoms with Crippen molar-refractivity contribution in [3.05, 3.63) is 76.7 Å². The molecule has 0 radical (unpaired) electrons. The zero-order chi connectivity index (χ0) is 22.6. The highest BCUT2D eigenvalue weighted by Gasteiger charge is 2.17. The molecule has 170 valence electrons. The Morgan fingerprint density at radius 3 is 2.58 bits per heavy atom. The number of aryl methyl sites for hydroxylation is 1. The van der Waals surface area contributed by atoms with Crippen molar-refractivity contribution in [2.75, 3.05) is 49.5 Å². The highest BCUT2D eigenvalue weighted by molar-refractivity contribution is 5.76. The molecular formula is C25H29N7O. The molecule has 33 heavy (non-hydrogen) atoms. The molecule has 0 bridgehead atoms. The van der Waals surface area contributed by atoms with Crippen LogP contribution in [0.2, 0.25) is 0 Å². The largest absolute Gasteiger partial charge is 0.369 e. The van der Waals surface area contributed by atoms with Crippen LogP contribution in [0.1, 0.15) is 12.0 Å². The number of rotatable bonds is 7. The first-order valence-electron chi connectivity index (χ1n) is 11.5. The molecule has 0 aliphatic carbocycles. The summed E-state index contributed by atoms with van der Waals surface area (Å²) in [7, 11) is 0. The Morgan fingerprint density at radius 1 is 1.00 bits per heavy atom. The molecule has 5 rings (SSSR count). The van der Waals surface area contributed by atoms with E-state index in [-0.39, 0.29) is 5.56 Å². The lowest BCUT2D eigenvalue weighted by molar-refractivity contribution is 0.257. The number of anilines is 2. The fraction of sp³-hybridized carbons (Fsp3) is 0.320. The summed E-state index contributed by atoms with van der Waals surface area (Å²) in [5.41, 5.74) is 3.87. The van der Waals surface area contributed by atoms with Crippen molar-refractivity contribution in [2.45, 2.75) is 13.3 Å². The minimum atomic E-state index is -0.183. The lowest BCUT2D eigenvalue weighted by atomic mass is 10.2. The third-order valence-electron chi connectivity index (χ3n) is 6.12. The van der Waals surface area contributed by atoms with E-state index >= 15 is 0 Å². The Labute approximate surface area is 192 Å². The zero-order valence-electron chi connectivity index (χ0n) is 18.9. The van der Waals surface area contributed by atoms with Gasteiger partial charge in [0.2, 0.25) is 5.95 Å². The van der Waals surface area contributed by atoms with Crippen LogP contribution in [0.15, 0.2) is 65.6 Å². The molecule has 0 unspecified atom stereocenters. The van der Waals surface area contributed by atoms with Crippen LogP contribution in [0.4, 0.5) is 11.6 Å². The van der Waals surface area contributed by atoms with E-state index < -0.39 is 0 Å². The van der Waals surface area contributed by atoms with Crippen LogP contribution in [0.3, 0.4) is 0 Å². The van der Waals surface area contributed by atoms with E-state index in [2.05, 4.69) is 61.4 Å². The molecular weight excluding hydrogens is 414 g/mol. The second-order valence-corrected chi connectivity index (χ2v) is 8.49. The minimum absolute atomic E-state index is 0.183. The molecule has 0 amide bonds. The van der Waals surface area contributed by atoms with Crippen LogP contribution >= 0.6 is 0 Å². The van der Waals surface area contributed by atoms with Crippen molar-refractivity contribution in [1.82, 2.24) is 24.6 Å². The second kappa shape index (κ2) is 9.46. The lowest BCUT2D eigenvalue weighted by Gasteiger charge is -2.36. The van der Waals surface area contributed by atoms with Gasteiger partial charge in [-0.15, -0.1) is 0 Å². The van der Waals surface area contributed by atoms with Crippen molar-refractivity contribution >= 4 is 22.7 Å². The number of aromatic amines is 1. The highest BCUT2D eigenvalue weighted by atomic mass is 16.1.